The van der Waals surface area contributed by atoms with Crippen LogP contribution >= 0.6 is 11.8 Å². The molecule has 0 bridgehead atoms. The van der Waals surface area contributed by atoms with E-state index in [2.05, 4.69) is 37.3 Å². The van der Waals surface area contributed by atoms with Gasteiger partial charge in [-0.1, -0.05) is 13.0 Å². The van der Waals surface area contributed by atoms with Gasteiger partial charge in [0.15, 0.2) is 0 Å². The largest absolute Gasteiger partial charge is 0.497 e. The zero-order valence-electron chi connectivity index (χ0n) is 11.8. The summed E-state index contributed by atoms with van der Waals surface area (Å²) in [5, 5.41) is 0. The molecule has 2 N–H and O–H groups in total. The van der Waals surface area contributed by atoms with Gasteiger partial charge in [0.25, 0.3) is 0 Å². The second kappa shape index (κ2) is 7.54. The Morgan fingerprint density at radius 2 is 2.17 bits per heavy atom. The van der Waals surface area contributed by atoms with Gasteiger partial charge < -0.3 is 15.4 Å². The highest BCUT2D eigenvalue weighted by molar-refractivity contribution is 7.98. The van der Waals surface area contributed by atoms with Crippen molar-refractivity contribution in [3.63, 3.8) is 0 Å². The van der Waals surface area contributed by atoms with E-state index in [4.69, 9.17) is 10.5 Å². The van der Waals surface area contributed by atoms with Crippen LogP contribution in [0.1, 0.15) is 18.9 Å². The van der Waals surface area contributed by atoms with Crippen LogP contribution in [0.3, 0.4) is 0 Å². The average molecular weight is 268 g/mol. The number of hydrogen-bond donors (Lipinski definition) is 1. The molecule has 102 valence electrons. The molecule has 0 radical (unpaired) electrons. The van der Waals surface area contributed by atoms with Crippen molar-refractivity contribution in [3.05, 3.63) is 23.8 Å². The summed E-state index contributed by atoms with van der Waals surface area (Å²) < 4.78 is 5.31. The predicted octanol–water partition coefficient (Wildman–Crippen LogP) is 2.73. The molecule has 1 unspecified atom stereocenters. The van der Waals surface area contributed by atoms with E-state index in [9.17, 15) is 0 Å². The van der Waals surface area contributed by atoms with Crippen molar-refractivity contribution in [2.24, 2.45) is 5.73 Å². The molecule has 0 aliphatic heterocycles. The van der Waals surface area contributed by atoms with Gasteiger partial charge >= 0.3 is 0 Å². The lowest BCUT2D eigenvalue weighted by atomic mass is 10.1. The minimum absolute atomic E-state index is 0.525. The van der Waals surface area contributed by atoms with Crippen molar-refractivity contribution in [1.29, 1.82) is 0 Å². The van der Waals surface area contributed by atoms with Gasteiger partial charge in [0, 0.05) is 37.1 Å². The molecular weight excluding hydrogens is 244 g/mol. The molecule has 1 rings (SSSR count). The summed E-state index contributed by atoms with van der Waals surface area (Å²) in [7, 11) is 3.83. The molecule has 0 saturated carbocycles. The minimum Gasteiger partial charge on any atom is -0.497 e. The van der Waals surface area contributed by atoms with E-state index in [0.717, 1.165) is 23.5 Å². The Morgan fingerprint density at radius 3 is 2.67 bits per heavy atom. The van der Waals surface area contributed by atoms with E-state index >= 15 is 0 Å². The van der Waals surface area contributed by atoms with Gasteiger partial charge in [0.05, 0.1) is 7.11 Å². The number of hydrogen-bond acceptors (Lipinski definition) is 4. The third kappa shape index (κ3) is 3.56. The first kappa shape index (κ1) is 15.2. The van der Waals surface area contributed by atoms with Gasteiger partial charge in [-0.15, -0.1) is 0 Å². The van der Waals surface area contributed by atoms with Crippen LogP contribution in [0, 0.1) is 0 Å². The monoisotopic (exact) mass is 268 g/mol. The van der Waals surface area contributed by atoms with Crippen molar-refractivity contribution in [2.75, 3.05) is 31.1 Å². The first-order valence-corrected chi connectivity index (χ1v) is 7.66. The second-order valence-corrected chi connectivity index (χ2v) is 5.24. The van der Waals surface area contributed by atoms with Gasteiger partial charge in [0.1, 0.15) is 5.75 Å². The maximum Gasteiger partial charge on any atom is 0.120 e. The van der Waals surface area contributed by atoms with E-state index in [-0.39, 0.29) is 0 Å². The van der Waals surface area contributed by atoms with Crippen molar-refractivity contribution < 1.29 is 4.74 Å². The summed E-state index contributed by atoms with van der Waals surface area (Å²) >= 11 is 1.88. The maximum absolute atomic E-state index is 5.82. The molecule has 3 nitrogen and oxygen atoms in total. The van der Waals surface area contributed by atoms with Crippen LogP contribution in [-0.2, 0) is 6.54 Å². The molecule has 1 aromatic rings. The normalized spacial score (nSPS) is 12.3. The number of thioether (sulfide) groups is 1. The van der Waals surface area contributed by atoms with E-state index in [1.165, 1.54) is 5.69 Å². The van der Waals surface area contributed by atoms with Gasteiger partial charge in [-0.3, -0.25) is 0 Å². The molecular formula is C14H24N2OS. The van der Waals surface area contributed by atoms with Crippen LogP contribution in [0.4, 0.5) is 5.69 Å². The molecule has 1 aromatic carbocycles. The van der Waals surface area contributed by atoms with Crippen LogP contribution in [0.25, 0.3) is 0 Å². The molecule has 0 fully saturated rings. The highest BCUT2D eigenvalue weighted by atomic mass is 32.2. The maximum atomic E-state index is 5.82. The molecule has 0 aromatic heterocycles. The fourth-order valence-corrected chi connectivity index (χ4v) is 2.91. The zero-order valence-corrected chi connectivity index (χ0v) is 12.6. The summed E-state index contributed by atoms with van der Waals surface area (Å²) in [6.45, 7) is 2.78. The van der Waals surface area contributed by atoms with Crippen LogP contribution in [0.15, 0.2) is 18.2 Å². The van der Waals surface area contributed by atoms with Gasteiger partial charge in [-0.25, -0.2) is 0 Å². The van der Waals surface area contributed by atoms with E-state index in [1.807, 2.05) is 17.8 Å². The average Bonchev–Trinajstić information content (AvgIpc) is 2.43. The lowest BCUT2D eigenvalue weighted by molar-refractivity contribution is 0.414. The number of nitrogens with two attached hydrogens (primary N) is 1. The van der Waals surface area contributed by atoms with Gasteiger partial charge in [-0.05, 0) is 24.3 Å². The number of anilines is 1. The molecule has 0 heterocycles. The van der Waals surface area contributed by atoms with E-state index < -0.39 is 0 Å². The molecule has 4 heteroatoms. The van der Waals surface area contributed by atoms with E-state index in [0.29, 0.717) is 12.6 Å². The fourth-order valence-electron chi connectivity index (χ4n) is 2.06. The highest BCUT2D eigenvalue weighted by Crippen LogP contribution is 2.27. The van der Waals surface area contributed by atoms with Crippen molar-refractivity contribution >= 4 is 17.4 Å². The molecule has 0 amide bonds. The first-order valence-electron chi connectivity index (χ1n) is 6.26. The van der Waals surface area contributed by atoms with Crippen molar-refractivity contribution in [2.45, 2.75) is 25.9 Å². The quantitative estimate of drug-likeness (QED) is 0.825. The number of ether oxygens (including phenoxy) is 1. The SMILES string of the molecule is CCC(CSC)N(C)c1cc(OC)ccc1CN. The first-order chi connectivity index (χ1) is 8.67. The Hall–Kier alpha value is -0.870. The van der Waals surface area contributed by atoms with Crippen LogP contribution in [0.2, 0.25) is 0 Å². The summed E-state index contributed by atoms with van der Waals surface area (Å²) in [5.74, 6) is 2.00. The van der Waals surface area contributed by atoms with Gasteiger partial charge in [0.2, 0.25) is 0 Å². The summed E-state index contributed by atoms with van der Waals surface area (Å²) in [6.07, 6.45) is 3.27. The number of methoxy groups -OCH3 is 1. The Morgan fingerprint density at radius 1 is 1.44 bits per heavy atom. The second-order valence-electron chi connectivity index (χ2n) is 4.33. The number of rotatable bonds is 7. The van der Waals surface area contributed by atoms with E-state index in [1.54, 1.807) is 7.11 Å². The third-order valence-electron chi connectivity index (χ3n) is 3.27. The van der Waals surface area contributed by atoms with Crippen molar-refractivity contribution in [1.82, 2.24) is 0 Å². The highest BCUT2D eigenvalue weighted by Gasteiger charge is 2.16. The Labute approximate surface area is 115 Å². The molecule has 0 saturated heterocycles. The van der Waals surface area contributed by atoms with Crippen LogP contribution in [-0.4, -0.2) is 32.2 Å². The standard InChI is InChI=1S/C14H24N2OS/c1-5-12(10-18-4)16(2)14-8-13(17-3)7-6-11(14)9-15/h6-8,12H,5,9-10,15H2,1-4H3. The van der Waals surface area contributed by atoms with Crippen LogP contribution < -0.4 is 15.4 Å². The van der Waals surface area contributed by atoms with Gasteiger partial charge in [-0.2, -0.15) is 11.8 Å². The summed E-state index contributed by atoms with van der Waals surface area (Å²) in [4.78, 5) is 2.32. The third-order valence-corrected chi connectivity index (χ3v) is 3.99. The Bertz CT molecular complexity index is 371. The molecule has 18 heavy (non-hydrogen) atoms. The fraction of sp³-hybridized carbons (Fsp3) is 0.571. The molecule has 1 atom stereocenters. The minimum atomic E-state index is 0.525. The topological polar surface area (TPSA) is 38.5 Å². The molecule has 0 aliphatic rings. The van der Waals surface area contributed by atoms with Crippen molar-refractivity contribution in [3.8, 4) is 5.75 Å². The number of nitrogens with zero attached hydrogens (tertiary/aromatic N) is 1. The Kier molecular flexibility index (Phi) is 6.36. The van der Waals surface area contributed by atoms with Crippen LogP contribution in [0.5, 0.6) is 5.75 Å². The summed E-state index contributed by atoms with van der Waals surface area (Å²) in [6, 6.07) is 6.62. The Balaban J connectivity index is 3.04. The smallest absolute Gasteiger partial charge is 0.120 e. The zero-order chi connectivity index (χ0) is 13.5. The molecule has 0 aliphatic carbocycles. The number of benzene rings is 1. The predicted molar refractivity (Wildman–Crippen MR) is 81.7 cm³/mol. The summed E-state index contributed by atoms with van der Waals surface area (Å²) in [5.41, 5.74) is 8.17. The lowest BCUT2D eigenvalue weighted by Gasteiger charge is -2.30. The molecule has 0 spiro atoms. The lowest BCUT2D eigenvalue weighted by Crippen LogP contribution is -2.34.